The Bertz CT molecular complexity index is 102. The van der Waals surface area contributed by atoms with Crippen LogP contribution < -0.4 is 0 Å². The predicted octanol–water partition coefficient (Wildman–Crippen LogP) is 3.70. The Morgan fingerprint density at radius 2 is 1.45 bits per heavy atom. The van der Waals surface area contributed by atoms with E-state index >= 15 is 0 Å². The summed E-state index contributed by atoms with van der Waals surface area (Å²) in [6, 6.07) is 0. The van der Waals surface area contributed by atoms with Crippen LogP contribution >= 0.6 is 0 Å². The molecule has 0 rings (SSSR count). The van der Waals surface area contributed by atoms with E-state index in [9.17, 15) is 0 Å². The minimum absolute atomic E-state index is 0.841. The van der Waals surface area contributed by atoms with Gasteiger partial charge in [0.15, 0.2) is 0 Å². The van der Waals surface area contributed by atoms with E-state index in [0.717, 1.165) is 6.54 Å². The molecule has 0 amide bonds. The highest BCUT2D eigenvalue weighted by Crippen LogP contribution is 2.06. The normalized spacial score (nSPS) is 9.45. The molecule has 0 fully saturated rings. The molecule has 0 bridgehead atoms. The Labute approximate surface area is 70.6 Å². The molecule has 0 unspecified atom stereocenters. The summed E-state index contributed by atoms with van der Waals surface area (Å²) in [5.74, 6) is 0. The minimum atomic E-state index is 0.841. The quantitative estimate of drug-likeness (QED) is 0.492. The van der Waals surface area contributed by atoms with Crippen molar-refractivity contribution in [1.82, 2.24) is 0 Å². The fourth-order valence-electron chi connectivity index (χ4n) is 1.16. The van der Waals surface area contributed by atoms with E-state index in [1.165, 1.54) is 44.9 Å². The monoisotopic (exact) mass is 154 g/mol. The molecule has 0 aliphatic rings. The van der Waals surface area contributed by atoms with E-state index in [1.54, 1.807) is 0 Å². The van der Waals surface area contributed by atoms with Crippen molar-refractivity contribution in [3.8, 4) is 6.57 Å². The third-order valence-electron chi connectivity index (χ3n) is 1.89. The van der Waals surface area contributed by atoms with Crippen LogP contribution in [0.3, 0.4) is 0 Å². The zero-order chi connectivity index (χ0) is 8.36. The summed E-state index contributed by atoms with van der Waals surface area (Å²) in [5.41, 5.74) is 0. The molecule has 1 nitrogen and oxygen atoms in total. The number of rotatable bonds is 7. The Balaban J connectivity index is 2.75. The largest absolute Gasteiger partial charge is 0.263 e. The molecule has 0 aromatic rings. The standard InChI is InChI=1S/C10H20N/c1-3-4-5-6-7-8-9-10-11-2/h2H,3-10H2,1H3/q+1. The van der Waals surface area contributed by atoms with Crippen molar-refractivity contribution in [2.45, 2.75) is 51.9 Å². The van der Waals surface area contributed by atoms with Crippen LogP contribution in [0.1, 0.15) is 51.9 Å². The number of hydrogen-bond acceptors (Lipinski definition) is 0. The average molecular weight is 154 g/mol. The lowest BCUT2D eigenvalue weighted by atomic mass is 10.1. The molecule has 0 N–H and O–H groups in total. The fraction of sp³-hybridized carbons (Fsp3) is 0.900. The Morgan fingerprint density at radius 1 is 0.909 bits per heavy atom. The number of hydrogen-bond donors (Lipinski definition) is 0. The van der Waals surface area contributed by atoms with Crippen molar-refractivity contribution >= 4 is 0 Å². The lowest BCUT2D eigenvalue weighted by Gasteiger charge is -1.95. The molecule has 0 radical (unpaired) electrons. The van der Waals surface area contributed by atoms with Gasteiger partial charge in [0.1, 0.15) is 0 Å². The number of unbranched alkanes of at least 4 members (excludes halogenated alkanes) is 6. The smallest absolute Gasteiger partial charge is 0.0869 e. The van der Waals surface area contributed by atoms with Gasteiger partial charge in [-0.2, -0.15) is 0 Å². The van der Waals surface area contributed by atoms with Crippen molar-refractivity contribution in [2.24, 2.45) is 0 Å². The maximum Gasteiger partial charge on any atom is 0.263 e. The summed E-state index contributed by atoms with van der Waals surface area (Å²) in [6.07, 6.45) is 9.33. The molecule has 1 heteroatoms. The second kappa shape index (κ2) is 9.49. The van der Waals surface area contributed by atoms with Gasteiger partial charge in [-0.05, 0) is 6.42 Å². The second-order valence-corrected chi connectivity index (χ2v) is 3.03. The van der Waals surface area contributed by atoms with Crippen LogP contribution in [-0.4, -0.2) is 6.54 Å². The van der Waals surface area contributed by atoms with Crippen molar-refractivity contribution in [3.63, 3.8) is 0 Å². The van der Waals surface area contributed by atoms with Crippen LogP contribution in [0.5, 0.6) is 0 Å². The lowest BCUT2D eigenvalue weighted by molar-refractivity contribution is 0.599. The molecular formula is C10H20N+. The Kier molecular flexibility index (Phi) is 9.05. The molecular weight excluding hydrogens is 134 g/mol. The second-order valence-electron chi connectivity index (χ2n) is 3.03. The molecule has 0 aromatic carbocycles. The van der Waals surface area contributed by atoms with Gasteiger partial charge in [-0.25, -0.2) is 0 Å². The lowest BCUT2D eigenvalue weighted by Crippen LogP contribution is -1.81. The van der Waals surface area contributed by atoms with Crippen molar-refractivity contribution in [2.75, 3.05) is 6.54 Å². The summed E-state index contributed by atoms with van der Waals surface area (Å²) in [5, 5.41) is 0. The molecule has 0 spiro atoms. The maximum atomic E-state index is 5.02. The van der Waals surface area contributed by atoms with Gasteiger partial charge >= 0.3 is 0 Å². The van der Waals surface area contributed by atoms with Gasteiger partial charge in [0, 0.05) is 6.42 Å². The van der Waals surface area contributed by atoms with Gasteiger partial charge < -0.3 is 0 Å². The highest BCUT2D eigenvalue weighted by molar-refractivity contribution is 4.64. The van der Waals surface area contributed by atoms with Gasteiger partial charge in [-0.15, -0.1) is 0 Å². The summed E-state index contributed by atoms with van der Waals surface area (Å²) in [6.45, 7) is 8.10. The van der Waals surface area contributed by atoms with Gasteiger partial charge in [-0.3, -0.25) is 0 Å². The van der Waals surface area contributed by atoms with E-state index in [-0.39, 0.29) is 0 Å². The van der Waals surface area contributed by atoms with E-state index in [0.29, 0.717) is 0 Å². The zero-order valence-electron chi connectivity index (χ0n) is 7.68. The zero-order valence-corrected chi connectivity index (χ0v) is 7.68. The molecule has 0 aliphatic carbocycles. The highest BCUT2D eigenvalue weighted by atomic mass is 14.6. The molecule has 64 valence electrons. The molecule has 0 saturated heterocycles. The molecule has 0 aromatic heterocycles. The SMILES string of the molecule is C#[N+]CCCCCCCCC. The molecule has 0 atom stereocenters. The first-order valence-corrected chi connectivity index (χ1v) is 4.78. The van der Waals surface area contributed by atoms with E-state index in [2.05, 4.69) is 11.8 Å². The van der Waals surface area contributed by atoms with Crippen LogP contribution in [-0.2, 0) is 0 Å². The van der Waals surface area contributed by atoms with E-state index < -0.39 is 0 Å². The molecule has 0 saturated carbocycles. The summed E-state index contributed by atoms with van der Waals surface area (Å²) < 4.78 is 0. The van der Waals surface area contributed by atoms with Gasteiger partial charge in [-0.1, -0.05) is 43.9 Å². The van der Waals surface area contributed by atoms with Gasteiger partial charge in [0.25, 0.3) is 13.1 Å². The highest BCUT2D eigenvalue weighted by Gasteiger charge is 1.92. The summed E-state index contributed by atoms with van der Waals surface area (Å²) >= 11 is 0. The first-order chi connectivity index (χ1) is 5.41. The van der Waals surface area contributed by atoms with Crippen LogP contribution in [0.4, 0.5) is 0 Å². The van der Waals surface area contributed by atoms with E-state index in [4.69, 9.17) is 6.57 Å². The van der Waals surface area contributed by atoms with Crippen molar-refractivity contribution < 1.29 is 0 Å². The first kappa shape index (κ1) is 10.5. The third kappa shape index (κ3) is 9.49. The first-order valence-electron chi connectivity index (χ1n) is 4.78. The van der Waals surface area contributed by atoms with Crippen LogP contribution in [0.25, 0.3) is 4.85 Å². The maximum absolute atomic E-state index is 5.02. The van der Waals surface area contributed by atoms with Crippen LogP contribution in [0, 0.1) is 6.57 Å². The van der Waals surface area contributed by atoms with Crippen LogP contribution in [0.15, 0.2) is 0 Å². The predicted molar refractivity (Wildman–Crippen MR) is 51.2 cm³/mol. The Morgan fingerprint density at radius 3 is 2.00 bits per heavy atom. The van der Waals surface area contributed by atoms with Crippen LogP contribution in [0.2, 0.25) is 0 Å². The number of nitrogens with zero attached hydrogens (tertiary/aromatic N) is 1. The fourth-order valence-corrected chi connectivity index (χ4v) is 1.16. The topological polar surface area (TPSA) is 4.36 Å². The van der Waals surface area contributed by atoms with E-state index in [1.807, 2.05) is 0 Å². The van der Waals surface area contributed by atoms with Gasteiger partial charge in [0.2, 0.25) is 0 Å². The summed E-state index contributed by atoms with van der Waals surface area (Å²) in [7, 11) is 0. The summed E-state index contributed by atoms with van der Waals surface area (Å²) in [4.78, 5) is 3.57. The third-order valence-corrected chi connectivity index (χ3v) is 1.89. The average Bonchev–Trinajstić information content (AvgIpc) is 2.03. The molecule has 0 heterocycles. The van der Waals surface area contributed by atoms with Gasteiger partial charge in [0.05, 0.1) is 0 Å². The molecule has 0 aliphatic heterocycles. The minimum Gasteiger partial charge on any atom is -0.0869 e. The van der Waals surface area contributed by atoms with Crippen molar-refractivity contribution in [3.05, 3.63) is 4.85 Å². The Hall–Kier alpha value is -0.510. The molecule has 11 heavy (non-hydrogen) atoms. The van der Waals surface area contributed by atoms with Crippen molar-refractivity contribution in [1.29, 1.82) is 0 Å².